The fraction of sp³-hybridized carbons (Fsp3) is 0.500. The first-order valence-corrected chi connectivity index (χ1v) is 6.61. The molecule has 0 saturated carbocycles. The van der Waals surface area contributed by atoms with Crippen molar-refractivity contribution in [2.75, 3.05) is 24.5 Å². The van der Waals surface area contributed by atoms with Crippen LogP contribution in [0.3, 0.4) is 0 Å². The molecule has 0 atom stereocenters. The van der Waals surface area contributed by atoms with Crippen molar-refractivity contribution in [3.63, 3.8) is 0 Å². The van der Waals surface area contributed by atoms with Gasteiger partial charge in [-0.3, -0.25) is 4.79 Å². The molecule has 5 heteroatoms. The molecule has 1 spiro atoms. The second-order valence-electron chi connectivity index (χ2n) is 5.31. The Morgan fingerprint density at radius 2 is 1.74 bits per heavy atom. The summed E-state index contributed by atoms with van der Waals surface area (Å²) in [7, 11) is 0. The third-order valence-electron chi connectivity index (χ3n) is 4.28. The van der Waals surface area contributed by atoms with Gasteiger partial charge in [-0.1, -0.05) is 6.07 Å². The van der Waals surface area contributed by atoms with Gasteiger partial charge in [0.2, 0.25) is 5.91 Å². The van der Waals surface area contributed by atoms with Crippen molar-refractivity contribution in [1.82, 2.24) is 5.32 Å². The average Bonchev–Trinajstić information content (AvgIpc) is 2.69. The summed E-state index contributed by atoms with van der Waals surface area (Å²) in [6, 6.07) is 3.70. The molecule has 0 aliphatic carbocycles. The van der Waals surface area contributed by atoms with Gasteiger partial charge >= 0.3 is 0 Å². The predicted octanol–water partition coefficient (Wildman–Crippen LogP) is 2.07. The molecule has 2 fully saturated rings. The lowest BCUT2D eigenvalue weighted by Gasteiger charge is -2.32. The van der Waals surface area contributed by atoms with Gasteiger partial charge < -0.3 is 10.2 Å². The summed E-state index contributed by atoms with van der Waals surface area (Å²) >= 11 is 0. The van der Waals surface area contributed by atoms with Crippen LogP contribution >= 0.6 is 0 Å². The van der Waals surface area contributed by atoms with Gasteiger partial charge in [0, 0.05) is 6.54 Å². The summed E-state index contributed by atoms with van der Waals surface area (Å²) in [5, 5.41) is 3.21. The Labute approximate surface area is 110 Å². The van der Waals surface area contributed by atoms with Crippen LogP contribution < -0.4 is 10.2 Å². The minimum Gasteiger partial charge on any atom is -0.317 e. The van der Waals surface area contributed by atoms with Crippen molar-refractivity contribution in [3.8, 4) is 0 Å². The SMILES string of the molecule is O=C1N(c2c(F)cccc2F)CCC12CCNCC2. The van der Waals surface area contributed by atoms with E-state index in [9.17, 15) is 13.6 Å². The largest absolute Gasteiger partial charge is 0.317 e. The van der Waals surface area contributed by atoms with Crippen molar-refractivity contribution in [3.05, 3.63) is 29.8 Å². The number of benzene rings is 1. The van der Waals surface area contributed by atoms with Crippen LogP contribution in [-0.2, 0) is 4.79 Å². The first kappa shape index (κ1) is 12.5. The minimum atomic E-state index is -0.667. The van der Waals surface area contributed by atoms with E-state index in [4.69, 9.17) is 0 Å². The molecule has 19 heavy (non-hydrogen) atoms. The van der Waals surface area contributed by atoms with Gasteiger partial charge in [0.15, 0.2) is 0 Å². The van der Waals surface area contributed by atoms with E-state index in [0.717, 1.165) is 25.9 Å². The molecule has 3 nitrogen and oxygen atoms in total. The van der Waals surface area contributed by atoms with Gasteiger partial charge in [-0.2, -0.15) is 0 Å². The molecule has 102 valence electrons. The Kier molecular flexibility index (Phi) is 3.01. The highest BCUT2D eigenvalue weighted by molar-refractivity contribution is 6.00. The Hall–Kier alpha value is -1.49. The number of rotatable bonds is 1. The van der Waals surface area contributed by atoms with Crippen molar-refractivity contribution >= 4 is 11.6 Å². The van der Waals surface area contributed by atoms with E-state index in [1.165, 1.54) is 23.1 Å². The highest BCUT2D eigenvalue weighted by atomic mass is 19.1. The summed E-state index contributed by atoms with van der Waals surface area (Å²) in [5.41, 5.74) is -0.608. The van der Waals surface area contributed by atoms with Gasteiger partial charge in [-0.05, 0) is 44.5 Å². The van der Waals surface area contributed by atoms with Crippen LogP contribution in [0.1, 0.15) is 19.3 Å². The molecule has 2 saturated heterocycles. The van der Waals surface area contributed by atoms with Crippen molar-refractivity contribution in [2.24, 2.45) is 5.41 Å². The Balaban J connectivity index is 1.94. The number of halogens is 2. The lowest BCUT2D eigenvalue weighted by molar-refractivity contribution is -0.126. The number of anilines is 1. The first-order valence-electron chi connectivity index (χ1n) is 6.61. The van der Waals surface area contributed by atoms with Crippen LogP contribution in [0.25, 0.3) is 0 Å². The molecule has 3 rings (SSSR count). The Morgan fingerprint density at radius 1 is 1.11 bits per heavy atom. The van der Waals surface area contributed by atoms with E-state index in [-0.39, 0.29) is 11.6 Å². The number of hydrogen-bond acceptors (Lipinski definition) is 2. The van der Waals surface area contributed by atoms with Crippen LogP contribution in [0.4, 0.5) is 14.5 Å². The lowest BCUT2D eigenvalue weighted by atomic mass is 9.78. The minimum absolute atomic E-state index is 0.127. The fourth-order valence-corrected chi connectivity index (χ4v) is 3.15. The van der Waals surface area contributed by atoms with Gasteiger partial charge in [-0.25, -0.2) is 8.78 Å². The highest BCUT2D eigenvalue weighted by Gasteiger charge is 2.48. The molecular formula is C14H16F2N2O. The topological polar surface area (TPSA) is 32.3 Å². The fourth-order valence-electron chi connectivity index (χ4n) is 3.15. The van der Waals surface area contributed by atoms with E-state index >= 15 is 0 Å². The van der Waals surface area contributed by atoms with Gasteiger partial charge in [0.05, 0.1) is 5.41 Å². The summed E-state index contributed by atoms with van der Waals surface area (Å²) in [4.78, 5) is 13.8. The Bertz CT molecular complexity index is 492. The first-order chi connectivity index (χ1) is 9.14. The number of nitrogens with zero attached hydrogens (tertiary/aromatic N) is 1. The van der Waals surface area contributed by atoms with Crippen LogP contribution in [0, 0.1) is 17.0 Å². The van der Waals surface area contributed by atoms with Crippen LogP contribution in [0.5, 0.6) is 0 Å². The number of piperidine rings is 1. The molecule has 1 aromatic carbocycles. The summed E-state index contributed by atoms with van der Waals surface area (Å²) < 4.78 is 27.6. The monoisotopic (exact) mass is 266 g/mol. The van der Waals surface area contributed by atoms with Gasteiger partial charge in [0.25, 0.3) is 0 Å². The average molecular weight is 266 g/mol. The van der Waals surface area contributed by atoms with E-state index in [0.29, 0.717) is 13.0 Å². The van der Waals surface area contributed by atoms with E-state index in [1.54, 1.807) is 0 Å². The summed E-state index contributed by atoms with van der Waals surface area (Å²) in [6.07, 6.45) is 2.18. The third kappa shape index (κ3) is 1.92. The molecule has 2 aliphatic rings. The zero-order chi connectivity index (χ0) is 13.5. The van der Waals surface area contributed by atoms with Gasteiger partial charge in [0.1, 0.15) is 17.3 Å². The number of carbonyl (C=O) groups excluding carboxylic acids is 1. The van der Waals surface area contributed by atoms with Crippen molar-refractivity contribution in [2.45, 2.75) is 19.3 Å². The molecule has 0 radical (unpaired) electrons. The van der Waals surface area contributed by atoms with Crippen molar-refractivity contribution in [1.29, 1.82) is 0 Å². The molecule has 0 aromatic heterocycles. The van der Waals surface area contributed by atoms with Crippen molar-refractivity contribution < 1.29 is 13.6 Å². The van der Waals surface area contributed by atoms with E-state index in [2.05, 4.69) is 5.32 Å². The maximum atomic E-state index is 13.8. The van der Waals surface area contributed by atoms with Crippen LogP contribution in [-0.4, -0.2) is 25.5 Å². The molecular weight excluding hydrogens is 250 g/mol. The quantitative estimate of drug-likeness (QED) is 0.844. The normalized spacial score (nSPS) is 22.2. The van der Waals surface area contributed by atoms with Gasteiger partial charge in [-0.15, -0.1) is 0 Å². The highest BCUT2D eigenvalue weighted by Crippen LogP contribution is 2.42. The Morgan fingerprint density at radius 3 is 2.37 bits per heavy atom. The van der Waals surface area contributed by atoms with E-state index in [1.807, 2.05) is 0 Å². The lowest BCUT2D eigenvalue weighted by Crippen LogP contribution is -2.43. The molecule has 1 aromatic rings. The zero-order valence-corrected chi connectivity index (χ0v) is 10.6. The second-order valence-corrected chi connectivity index (χ2v) is 5.31. The molecule has 2 heterocycles. The molecule has 1 amide bonds. The van der Waals surface area contributed by atoms with Crippen LogP contribution in [0.2, 0.25) is 0 Å². The number of carbonyl (C=O) groups is 1. The molecule has 0 unspecified atom stereocenters. The molecule has 2 aliphatic heterocycles. The van der Waals surface area contributed by atoms with E-state index < -0.39 is 17.0 Å². The standard InChI is InChI=1S/C14H16F2N2O/c15-10-2-1-3-11(16)12(10)18-9-6-14(13(18)19)4-7-17-8-5-14/h1-3,17H,4-9H2. The van der Waals surface area contributed by atoms with Crippen LogP contribution in [0.15, 0.2) is 18.2 Å². The number of nitrogens with one attached hydrogen (secondary N) is 1. The third-order valence-corrected chi connectivity index (χ3v) is 4.28. The predicted molar refractivity (Wildman–Crippen MR) is 67.9 cm³/mol. The maximum absolute atomic E-state index is 13.8. The summed E-state index contributed by atoms with van der Waals surface area (Å²) in [6.45, 7) is 1.98. The number of hydrogen-bond donors (Lipinski definition) is 1. The zero-order valence-electron chi connectivity index (χ0n) is 10.6. The second kappa shape index (κ2) is 4.56. The summed E-state index contributed by atoms with van der Waals surface area (Å²) in [5.74, 6) is -1.46. The number of para-hydroxylation sites is 1. The maximum Gasteiger partial charge on any atom is 0.233 e. The molecule has 0 bridgehead atoms. The smallest absolute Gasteiger partial charge is 0.233 e. The number of amides is 1. The molecule has 1 N–H and O–H groups in total.